The van der Waals surface area contributed by atoms with Crippen molar-refractivity contribution >= 4 is 21.6 Å². The summed E-state index contributed by atoms with van der Waals surface area (Å²) in [7, 11) is 0. The fraction of sp³-hybridized carbons (Fsp3) is 0.238. The molecule has 27 heavy (non-hydrogen) atoms. The first-order valence-electron chi connectivity index (χ1n) is 8.96. The third-order valence-electron chi connectivity index (χ3n) is 4.59. The number of rotatable bonds is 6. The van der Waals surface area contributed by atoms with E-state index in [4.69, 9.17) is 4.42 Å². The Morgan fingerprint density at radius 1 is 1.19 bits per heavy atom. The van der Waals surface area contributed by atoms with Gasteiger partial charge < -0.3 is 14.7 Å². The summed E-state index contributed by atoms with van der Waals surface area (Å²) in [6, 6.07) is 14.2. The highest BCUT2D eigenvalue weighted by Gasteiger charge is 2.17. The van der Waals surface area contributed by atoms with E-state index in [-0.39, 0.29) is 11.6 Å². The lowest BCUT2D eigenvalue weighted by Crippen LogP contribution is -2.27. The van der Waals surface area contributed by atoms with Crippen LogP contribution in [0.2, 0.25) is 0 Å². The normalized spacial score (nSPS) is 12.7. The smallest absolute Gasteiger partial charge is 0.260 e. The molecule has 0 fully saturated rings. The molecule has 1 atom stereocenters. The van der Waals surface area contributed by atoms with Gasteiger partial charge in [0.25, 0.3) is 5.56 Å². The summed E-state index contributed by atoms with van der Waals surface area (Å²) in [6.45, 7) is 4.86. The summed E-state index contributed by atoms with van der Waals surface area (Å²) in [5.41, 5.74) is 1.88. The molecule has 4 rings (SSSR count). The quantitative estimate of drug-likeness (QED) is 0.508. The molecule has 3 aromatic heterocycles. The van der Waals surface area contributed by atoms with E-state index in [2.05, 4.69) is 41.3 Å². The van der Waals surface area contributed by atoms with E-state index in [0.29, 0.717) is 29.4 Å². The lowest BCUT2D eigenvalue weighted by molar-refractivity contribution is 0.406. The van der Waals surface area contributed by atoms with Crippen LogP contribution in [0.25, 0.3) is 21.5 Å². The third-order valence-corrected chi connectivity index (χ3v) is 5.47. The molecule has 0 unspecified atom stereocenters. The zero-order chi connectivity index (χ0) is 18.8. The minimum atomic E-state index is -0.134. The average molecular weight is 379 g/mol. The van der Waals surface area contributed by atoms with Crippen molar-refractivity contribution in [1.82, 2.24) is 15.3 Å². The first-order valence-corrected chi connectivity index (χ1v) is 9.84. The van der Waals surface area contributed by atoms with Gasteiger partial charge in [0.05, 0.1) is 18.2 Å². The second-order valence-corrected chi connectivity index (χ2v) is 7.69. The van der Waals surface area contributed by atoms with E-state index < -0.39 is 0 Å². The van der Waals surface area contributed by atoms with Crippen molar-refractivity contribution in [2.24, 2.45) is 5.92 Å². The zero-order valence-electron chi connectivity index (χ0n) is 15.2. The van der Waals surface area contributed by atoms with Crippen LogP contribution in [0.15, 0.2) is 63.3 Å². The Labute approximate surface area is 161 Å². The number of benzene rings is 1. The van der Waals surface area contributed by atoms with Gasteiger partial charge in [0.15, 0.2) is 0 Å². The van der Waals surface area contributed by atoms with Gasteiger partial charge in [-0.1, -0.05) is 44.2 Å². The van der Waals surface area contributed by atoms with Gasteiger partial charge >= 0.3 is 0 Å². The summed E-state index contributed by atoms with van der Waals surface area (Å²) in [4.78, 5) is 21.0. The molecule has 0 spiro atoms. The number of aromatic nitrogens is 2. The minimum absolute atomic E-state index is 0.134. The molecule has 0 aliphatic heterocycles. The molecule has 0 bridgehead atoms. The first kappa shape index (κ1) is 17.7. The number of thiophene rings is 1. The van der Waals surface area contributed by atoms with E-state index in [0.717, 1.165) is 10.4 Å². The van der Waals surface area contributed by atoms with Crippen molar-refractivity contribution in [1.29, 1.82) is 0 Å². The van der Waals surface area contributed by atoms with Crippen LogP contribution >= 0.6 is 11.3 Å². The molecular formula is C21H21N3O2S. The van der Waals surface area contributed by atoms with Gasteiger partial charge in [0, 0.05) is 17.0 Å². The van der Waals surface area contributed by atoms with Crippen molar-refractivity contribution in [3.63, 3.8) is 0 Å². The van der Waals surface area contributed by atoms with Crippen LogP contribution in [0, 0.1) is 5.92 Å². The number of nitrogens with one attached hydrogen (secondary N) is 2. The van der Waals surface area contributed by atoms with Gasteiger partial charge in [0.1, 0.15) is 16.4 Å². The van der Waals surface area contributed by atoms with Crippen molar-refractivity contribution in [2.75, 3.05) is 0 Å². The monoisotopic (exact) mass is 379 g/mol. The Bertz CT molecular complexity index is 1080. The van der Waals surface area contributed by atoms with Crippen molar-refractivity contribution in [3.8, 4) is 11.3 Å². The lowest BCUT2D eigenvalue weighted by atomic mass is 9.96. The van der Waals surface area contributed by atoms with Crippen LogP contribution in [0.1, 0.15) is 31.3 Å². The number of furan rings is 1. The second-order valence-electron chi connectivity index (χ2n) is 6.83. The number of aromatic amines is 1. The van der Waals surface area contributed by atoms with E-state index in [1.807, 2.05) is 35.7 Å². The Morgan fingerprint density at radius 3 is 2.70 bits per heavy atom. The van der Waals surface area contributed by atoms with Crippen LogP contribution in [0.4, 0.5) is 0 Å². The van der Waals surface area contributed by atoms with Crippen LogP contribution in [-0.4, -0.2) is 9.97 Å². The number of nitrogens with zero attached hydrogens (tertiary/aromatic N) is 1. The Kier molecular flexibility index (Phi) is 4.92. The molecule has 0 radical (unpaired) electrons. The van der Waals surface area contributed by atoms with Crippen molar-refractivity contribution in [2.45, 2.75) is 26.4 Å². The molecule has 0 amide bonds. The fourth-order valence-corrected chi connectivity index (χ4v) is 4.24. The summed E-state index contributed by atoms with van der Waals surface area (Å²) in [6.07, 6.45) is 1.61. The summed E-state index contributed by atoms with van der Waals surface area (Å²) < 4.78 is 5.44. The summed E-state index contributed by atoms with van der Waals surface area (Å²) >= 11 is 1.46. The number of hydrogen-bond acceptors (Lipinski definition) is 5. The fourth-order valence-electron chi connectivity index (χ4n) is 3.30. The number of hydrogen-bond donors (Lipinski definition) is 2. The van der Waals surface area contributed by atoms with E-state index in [9.17, 15) is 4.79 Å². The lowest BCUT2D eigenvalue weighted by Gasteiger charge is -2.22. The molecule has 4 aromatic rings. The van der Waals surface area contributed by atoms with E-state index >= 15 is 0 Å². The number of fused-ring (bicyclic) bond motifs is 1. The SMILES string of the molecule is CC(C)[C@H](NCc1nc2scc(-c3ccco3)c2c(=O)[nH]1)c1ccccc1. The maximum Gasteiger partial charge on any atom is 0.260 e. The van der Waals surface area contributed by atoms with E-state index in [1.165, 1.54) is 16.9 Å². The molecule has 5 nitrogen and oxygen atoms in total. The number of H-pyrrole nitrogens is 1. The predicted octanol–water partition coefficient (Wildman–Crippen LogP) is 4.73. The van der Waals surface area contributed by atoms with Crippen LogP contribution in [0.3, 0.4) is 0 Å². The van der Waals surface area contributed by atoms with Crippen LogP contribution in [-0.2, 0) is 6.54 Å². The molecule has 1 aromatic carbocycles. The Balaban J connectivity index is 1.60. The first-order chi connectivity index (χ1) is 13.1. The van der Waals surface area contributed by atoms with Gasteiger partial charge in [-0.2, -0.15) is 0 Å². The van der Waals surface area contributed by atoms with Gasteiger partial charge in [-0.3, -0.25) is 4.79 Å². The highest BCUT2D eigenvalue weighted by atomic mass is 32.1. The zero-order valence-corrected chi connectivity index (χ0v) is 16.0. The predicted molar refractivity (Wildman–Crippen MR) is 109 cm³/mol. The van der Waals surface area contributed by atoms with Crippen LogP contribution in [0.5, 0.6) is 0 Å². The molecular weight excluding hydrogens is 358 g/mol. The van der Waals surface area contributed by atoms with Crippen molar-refractivity contribution < 1.29 is 4.42 Å². The largest absolute Gasteiger partial charge is 0.464 e. The minimum Gasteiger partial charge on any atom is -0.464 e. The van der Waals surface area contributed by atoms with Gasteiger partial charge in [0.2, 0.25) is 0 Å². The van der Waals surface area contributed by atoms with Gasteiger partial charge in [-0.25, -0.2) is 4.98 Å². The van der Waals surface area contributed by atoms with E-state index in [1.54, 1.807) is 6.26 Å². The maximum absolute atomic E-state index is 12.7. The van der Waals surface area contributed by atoms with Gasteiger partial charge in [-0.05, 0) is 23.6 Å². The Morgan fingerprint density at radius 2 is 2.00 bits per heavy atom. The summed E-state index contributed by atoms with van der Waals surface area (Å²) in [5.74, 6) is 1.74. The maximum atomic E-state index is 12.7. The average Bonchev–Trinajstić information content (AvgIpc) is 3.32. The Hall–Kier alpha value is -2.70. The molecule has 0 saturated carbocycles. The third kappa shape index (κ3) is 3.59. The van der Waals surface area contributed by atoms with Crippen molar-refractivity contribution in [3.05, 3.63) is 75.8 Å². The molecule has 3 heterocycles. The molecule has 138 valence electrons. The standard InChI is InChI=1S/C21H21N3O2S/c1-13(2)19(14-7-4-3-5-8-14)22-11-17-23-20(25)18-15(12-27-21(18)24-17)16-9-6-10-26-16/h3-10,12-13,19,22H,11H2,1-2H3,(H,23,24,25)/t19-/m0/s1. The highest BCUT2D eigenvalue weighted by molar-refractivity contribution is 7.17. The molecule has 0 aliphatic rings. The molecule has 2 N–H and O–H groups in total. The molecule has 6 heteroatoms. The highest BCUT2D eigenvalue weighted by Crippen LogP contribution is 2.31. The van der Waals surface area contributed by atoms with Crippen LogP contribution < -0.4 is 10.9 Å². The molecule has 0 aliphatic carbocycles. The summed E-state index contributed by atoms with van der Waals surface area (Å²) in [5, 5.41) is 6.04. The molecule has 0 saturated heterocycles. The second kappa shape index (κ2) is 7.50. The topological polar surface area (TPSA) is 70.9 Å². The van der Waals surface area contributed by atoms with Gasteiger partial charge in [-0.15, -0.1) is 11.3 Å².